The zero-order chi connectivity index (χ0) is 14.5. The molecular formula is C16H18O3S. The summed E-state index contributed by atoms with van der Waals surface area (Å²) >= 11 is 1.60. The average molecular weight is 290 g/mol. The highest BCUT2D eigenvalue weighted by Gasteiger charge is 2.22. The van der Waals surface area contributed by atoms with E-state index in [1.807, 2.05) is 48.7 Å². The first kappa shape index (κ1) is 14.8. The van der Waals surface area contributed by atoms with Crippen molar-refractivity contribution in [2.45, 2.75) is 11.0 Å². The Bertz CT molecular complexity index is 561. The summed E-state index contributed by atoms with van der Waals surface area (Å²) in [6.45, 7) is 0. The summed E-state index contributed by atoms with van der Waals surface area (Å²) in [7, 11) is 3.18. The van der Waals surface area contributed by atoms with Crippen LogP contribution in [-0.4, -0.2) is 25.6 Å². The fourth-order valence-electron chi connectivity index (χ4n) is 2.20. The van der Waals surface area contributed by atoms with Crippen molar-refractivity contribution >= 4 is 11.8 Å². The summed E-state index contributed by atoms with van der Waals surface area (Å²) in [5.74, 6) is 1.24. The third kappa shape index (κ3) is 2.76. The molecule has 2 rings (SSSR count). The maximum Gasteiger partial charge on any atom is 0.128 e. The minimum atomic E-state index is -0.787. The van der Waals surface area contributed by atoms with Gasteiger partial charge in [-0.3, -0.25) is 0 Å². The lowest BCUT2D eigenvalue weighted by atomic mass is 9.99. The molecule has 0 saturated carbocycles. The largest absolute Gasteiger partial charge is 0.496 e. The molecule has 4 heteroatoms. The summed E-state index contributed by atoms with van der Waals surface area (Å²) in [5.41, 5.74) is 1.50. The fraction of sp³-hybridized carbons (Fsp3) is 0.250. The van der Waals surface area contributed by atoms with E-state index < -0.39 is 6.10 Å². The van der Waals surface area contributed by atoms with E-state index >= 15 is 0 Å². The van der Waals surface area contributed by atoms with Gasteiger partial charge in [-0.05, 0) is 30.0 Å². The molecule has 0 aliphatic heterocycles. The number of benzene rings is 2. The number of methoxy groups -OCH3 is 2. The van der Waals surface area contributed by atoms with Gasteiger partial charge in [0.15, 0.2) is 0 Å². The van der Waals surface area contributed by atoms with Crippen molar-refractivity contribution in [3.05, 3.63) is 53.6 Å². The Morgan fingerprint density at radius 3 is 2.10 bits per heavy atom. The predicted molar refractivity (Wildman–Crippen MR) is 81.8 cm³/mol. The second-order valence-electron chi connectivity index (χ2n) is 4.22. The molecule has 1 N–H and O–H groups in total. The van der Waals surface area contributed by atoms with Gasteiger partial charge in [-0.1, -0.05) is 24.3 Å². The molecule has 0 aliphatic carbocycles. The molecule has 1 atom stereocenters. The van der Waals surface area contributed by atoms with Gasteiger partial charge in [-0.15, -0.1) is 11.8 Å². The summed E-state index contributed by atoms with van der Waals surface area (Å²) in [6, 6.07) is 13.3. The van der Waals surface area contributed by atoms with E-state index in [0.29, 0.717) is 17.1 Å². The first-order chi connectivity index (χ1) is 9.72. The van der Waals surface area contributed by atoms with E-state index in [9.17, 15) is 5.11 Å². The van der Waals surface area contributed by atoms with Gasteiger partial charge in [-0.2, -0.15) is 0 Å². The van der Waals surface area contributed by atoms with E-state index in [1.54, 1.807) is 26.0 Å². The molecule has 0 aliphatic rings. The maximum atomic E-state index is 10.8. The topological polar surface area (TPSA) is 38.7 Å². The lowest BCUT2D eigenvalue weighted by Crippen LogP contribution is -2.06. The van der Waals surface area contributed by atoms with Gasteiger partial charge in [0.05, 0.1) is 19.8 Å². The monoisotopic (exact) mass is 290 g/mol. The Labute approximate surface area is 123 Å². The third-order valence-corrected chi connectivity index (χ3v) is 3.98. The van der Waals surface area contributed by atoms with E-state index in [0.717, 1.165) is 10.5 Å². The first-order valence-electron chi connectivity index (χ1n) is 6.24. The number of aliphatic hydroxyl groups is 1. The van der Waals surface area contributed by atoms with E-state index in [1.165, 1.54) is 0 Å². The smallest absolute Gasteiger partial charge is 0.128 e. The van der Waals surface area contributed by atoms with Gasteiger partial charge in [0.2, 0.25) is 0 Å². The second-order valence-corrected chi connectivity index (χ2v) is 5.07. The van der Waals surface area contributed by atoms with Crippen LogP contribution in [0.1, 0.15) is 17.2 Å². The Morgan fingerprint density at radius 1 is 0.950 bits per heavy atom. The molecule has 0 amide bonds. The molecule has 106 valence electrons. The lowest BCUT2D eigenvalue weighted by molar-refractivity contribution is 0.206. The maximum absolute atomic E-state index is 10.8. The first-order valence-corrected chi connectivity index (χ1v) is 7.47. The van der Waals surface area contributed by atoms with Crippen LogP contribution < -0.4 is 9.47 Å². The molecule has 0 spiro atoms. The van der Waals surface area contributed by atoms with Gasteiger partial charge in [0.1, 0.15) is 17.6 Å². The third-order valence-electron chi connectivity index (χ3n) is 3.17. The Balaban J connectivity index is 2.55. The summed E-state index contributed by atoms with van der Waals surface area (Å²) in [4.78, 5) is 1.04. The summed E-state index contributed by atoms with van der Waals surface area (Å²) in [5, 5.41) is 10.8. The fourth-order valence-corrected chi connectivity index (χ4v) is 2.83. The Morgan fingerprint density at radius 2 is 1.55 bits per heavy atom. The molecule has 0 radical (unpaired) electrons. The average Bonchev–Trinajstić information content (AvgIpc) is 2.53. The van der Waals surface area contributed by atoms with Crippen molar-refractivity contribution in [1.82, 2.24) is 0 Å². The zero-order valence-corrected chi connectivity index (χ0v) is 12.6. The van der Waals surface area contributed by atoms with Gasteiger partial charge < -0.3 is 14.6 Å². The Kier molecular flexibility index (Phi) is 4.93. The minimum Gasteiger partial charge on any atom is -0.496 e. The molecule has 2 aromatic rings. The van der Waals surface area contributed by atoms with Crippen molar-refractivity contribution in [1.29, 1.82) is 0 Å². The van der Waals surface area contributed by atoms with Crippen molar-refractivity contribution in [3.63, 3.8) is 0 Å². The minimum absolute atomic E-state index is 0.618. The molecule has 1 unspecified atom stereocenters. The molecule has 2 aromatic carbocycles. The van der Waals surface area contributed by atoms with Crippen molar-refractivity contribution < 1.29 is 14.6 Å². The number of thioether (sulfide) groups is 1. The van der Waals surface area contributed by atoms with Crippen LogP contribution in [-0.2, 0) is 0 Å². The van der Waals surface area contributed by atoms with E-state index in [2.05, 4.69) is 0 Å². The quantitative estimate of drug-likeness (QED) is 0.855. The molecule has 0 fully saturated rings. The molecule has 3 nitrogen and oxygen atoms in total. The van der Waals surface area contributed by atoms with Crippen LogP contribution in [0.3, 0.4) is 0 Å². The molecule has 20 heavy (non-hydrogen) atoms. The van der Waals surface area contributed by atoms with Crippen molar-refractivity contribution in [3.8, 4) is 11.5 Å². The molecule has 0 aromatic heterocycles. The SMILES string of the molecule is COc1cccc(OC)c1C(O)c1ccccc1SC. The zero-order valence-electron chi connectivity index (χ0n) is 11.8. The number of rotatable bonds is 5. The van der Waals surface area contributed by atoms with E-state index in [-0.39, 0.29) is 0 Å². The molecular weight excluding hydrogens is 272 g/mol. The summed E-state index contributed by atoms with van der Waals surface area (Å²) < 4.78 is 10.7. The van der Waals surface area contributed by atoms with Crippen LogP contribution in [0, 0.1) is 0 Å². The highest BCUT2D eigenvalue weighted by Crippen LogP contribution is 2.39. The normalized spacial score (nSPS) is 12.0. The second kappa shape index (κ2) is 6.68. The highest BCUT2D eigenvalue weighted by molar-refractivity contribution is 7.98. The van der Waals surface area contributed by atoms with E-state index in [4.69, 9.17) is 9.47 Å². The standard InChI is InChI=1S/C16H18O3S/c1-18-12-8-6-9-13(19-2)15(12)16(17)11-7-4-5-10-14(11)20-3/h4-10,16-17H,1-3H3. The van der Waals surface area contributed by atoms with Gasteiger partial charge in [0, 0.05) is 4.90 Å². The number of hydrogen-bond acceptors (Lipinski definition) is 4. The summed E-state index contributed by atoms with van der Waals surface area (Å²) in [6.07, 6.45) is 1.20. The van der Waals surface area contributed by atoms with Crippen molar-refractivity contribution in [2.24, 2.45) is 0 Å². The number of aliphatic hydroxyl groups excluding tert-OH is 1. The predicted octanol–water partition coefficient (Wildman–Crippen LogP) is 3.51. The van der Waals surface area contributed by atoms with Crippen LogP contribution in [0.25, 0.3) is 0 Å². The number of ether oxygens (including phenoxy) is 2. The van der Waals surface area contributed by atoms with Crippen LogP contribution in [0.5, 0.6) is 11.5 Å². The number of hydrogen-bond donors (Lipinski definition) is 1. The van der Waals surface area contributed by atoms with Gasteiger partial charge in [-0.25, -0.2) is 0 Å². The van der Waals surface area contributed by atoms with Crippen LogP contribution in [0.15, 0.2) is 47.4 Å². The van der Waals surface area contributed by atoms with Crippen LogP contribution in [0.2, 0.25) is 0 Å². The lowest BCUT2D eigenvalue weighted by Gasteiger charge is -2.20. The molecule has 0 heterocycles. The molecule has 0 bridgehead atoms. The van der Waals surface area contributed by atoms with Gasteiger partial charge >= 0.3 is 0 Å². The Hall–Kier alpha value is -1.65. The van der Waals surface area contributed by atoms with Gasteiger partial charge in [0.25, 0.3) is 0 Å². The molecule has 0 saturated heterocycles. The van der Waals surface area contributed by atoms with Crippen molar-refractivity contribution in [2.75, 3.05) is 20.5 Å². The van der Waals surface area contributed by atoms with Crippen LogP contribution in [0.4, 0.5) is 0 Å². The van der Waals surface area contributed by atoms with Crippen LogP contribution >= 0.6 is 11.8 Å². The highest BCUT2D eigenvalue weighted by atomic mass is 32.2.